The average Bonchev–Trinajstić information content (AvgIpc) is 3.04. The third kappa shape index (κ3) is 3.37. The minimum absolute atomic E-state index is 0.0797. The lowest BCUT2D eigenvalue weighted by molar-refractivity contribution is -0.127. The standard InChI is InChI=1S/C18H23N3O4/c1-9(2)15-10(6-7-25-15)17(23)20-13-4-3-5-14-11(13)8-12(16(19)22)18(24)21-14/h8,10,13,15H,1,3-7H2,2H3,(H2,19,22)(H,20,23)(H,21,24)/t10-,13?,15-/m1/s1. The molecule has 2 aliphatic rings. The van der Waals surface area contributed by atoms with Gasteiger partial charge in [0.05, 0.1) is 18.1 Å². The molecule has 0 radical (unpaired) electrons. The van der Waals surface area contributed by atoms with Crippen LogP contribution in [0.2, 0.25) is 0 Å². The normalized spacial score (nSPS) is 25.2. The monoisotopic (exact) mass is 345 g/mol. The Hall–Kier alpha value is -2.41. The number of amides is 2. The summed E-state index contributed by atoms with van der Waals surface area (Å²) in [5.74, 6) is -1.12. The SMILES string of the molecule is C=C(C)[C@H]1OCC[C@H]1C(=O)NC1CCCc2[nH]c(=O)c(C(N)=O)cc21. The van der Waals surface area contributed by atoms with Crippen LogP contribution in [-0.4, -0.2) is 29.5 Å². The quantitative estimate of drug-likeness (QED) is 0.705. The number of nitrogens with two attached hydrogens (primary N) is 1. The summed E-state index contributed by atoms with van der Waals surface area (Å²) in [5, 5.41) is 3.05. The molecule has 0 spiro atoms. The Kier molecular flexibility index (Phi) is 4.76. The molecule has 7 heteroatoms. The van der Waals surface area contributed by atoms with Crippen LogP contribution in [0.3, 0.4) is 0 Å². The van der Waals surface area contributed by atoms with Crippen LogP contribution in [0, 0.1) is 5.92 Å². The van der Waals surface area contributed by atoms with Crippen LogP contribution in [0.25, 0.3) is 0 Å². The van der Waals surface area contributed by atoms with E-state index in [0.717, 1.165) is 29.7 Å². The number of aromatic nitrogens is 1. The number of H-pyrrole nitrogens is 1. The Labute approximate surface area is 145 Å². The lowest BCUT2D eigenvalue weighted by atomic mass is 9.89. The van der Waals surface area contributed by atoms with E-state index in [1.165, 1.54) is 6.07 Å². The number of carbonyl (C=O) groups is 2. The number of nitrogens with one attached hydrogen (secondary N) is 2. The summed E-state index contributed by atoms with van der Waals surface area (Å²) < 4.78 is 5.60. The highest BCUT2D eigenvalue weighted by Gasteiger charge is 2.36. The van der Waals surface area contributed by atoms with Gasteiger partial charge in [-0.1, -0.05) is 12.2 Å². The highest BCUT2D eigenvalue weighted by Crippen LogP contribution is 2.31. The molecule has 3 rings (SSSR count). The maximum Gasteiger partial charge on any atom is 0.261 e. The molecule has 4 N–H and O–H groups in total. The van der Waals surface area contributed by atoms with E-state index in [4.69, 9.17) is 10.5 Å². The van der Waals surface area contributed by atoms with E-state index >= 15 is 0 Å². The van der Waals surface area contributed by atoms with Gasteiger partial charge in [-0.15, -0.1) is 0 Å². The van der Waals surface area contributed by atoms with Crippen molar-refractivity contribution < 1.29 is 14.3 Å². The van der Waals surface area contributed by atoms with Gasteiger partial charge in [-0.25, -0.2) is 0 Å². The summed E-state index contributed by atoms with van der Waals surface area (Å²) >= 11 is 0. The summed E-state index contributed by atoms with van der Waals surface area (Å²) in [7, 11) is 0. The molecule has 2 amide bonds. The largest absolute Gasteiger partial charge is 0.373 e. The Morgan fingerprint density at radius 1 is 1.40 bits per heavy atom. The predicted molar refractivity (Wildman–Crippen MR) is 92.1 cm³/mol. The zero-order valence-corrected chi connectivity index (χ0v) is 14.3. The summed E-state index contributed by atoms with van der Waals surface area (Å²) in [6.45, 7) is 6.29. The van der Waals surface area contributed by atoms with Crippen molar-refractivity contribution in [1.82, 2.24) is 10.3 Å². The number of fused-ring (bicyclic) bond motifs is 1. The molecule has 1 fully saturated rings. The first-order valence-corrected chi connectivity index (χ1v) is 8.51. The smallest absolute Gasteiger partial charge is 0.261 e. The van der Waals surface area contributed by atoms with Crippen molar-refractivity contribution >= 4 is 11.8 Å². The predicted octanol–water partition coefficient (Wildman–Crippen LogP) is 0.949. The average molecular weight is 345 g/mol. The third-order valence-electron chi connectivity index (χ3n) is 4.95. The number of rotatable bonds is 4. The van der Waals surface area contributed by atoms with Gasteiger partial charge in [-0.05, 0) is 44.2 Å². The fourth-order valence-corrected chi connectivity index (χ4v) is 3.70. The number of aromatic amines is 1. The molecular formula is C18H23N3O4. The molecule has 2 heterocycles. The summed E-state index contributed by atoms with van der Waals surface area (Å²) in [5.41, 5.74) is 7.06. The number of hydrogen-bond acceptors (Lipinski definition) is 4. The van der Waals surface area contributed by atoms with Gasteiger partial charge in [-0.3, -0.25) is 14.4 Å². The molecule has 1 aromatic rings. The van der Waals surface area contributed by atoms with Crippen LogP contribution in [0.15, 0.2) is 23.0 Å². The number of pyridine rings is 1. The molecule has 25 heavy (non-hydrogen) atoms. The van der Waals surface area contributed by atoms with Gasteiger partial charge in [0.2, 0.25) is 5.91 Å². The van der Waals surface area contributed by atoms with E-state index in [0.29, 0.717) is 19.4 Å². The van der Waals surface area contributed by atoms with Crippen molar-refractivity contribution in [3.05, 3.63) is 45.4 Å². The Balaban J connectivity index is 1.84. The van der Waals surface area contributed by atoms with Gasteiger partial charge < -0.3 is 20.8 Å². The van der Waals surface area contributed by atoms with Crippen LogP contribution >= 0.6 is 0 Å². The van der Waals surface area contributed by atoms with Crippen molar-refractivity contribution in [2.75, 3.05) is 6.61 Å². The number of aryl methyl sites for hydroxylation is 1. The summed E-state index contributed by atoms with van der Waals surface area (Å²) in [6.07, 6.45) is 2.68. The first-order valence-electron chi connectivity index (χ1n) is 8.51. The van der Waals surface area contributed by atoms with Gasteiger partial charge >= 0.3 is 0 Å². The molecular weight excluding hydrogens is 322 g/mol. The highest BCUT2D eigenvalue weighted by molar-refractivity contribution is 5.92. The van der Waals surface area contributed by atoms with Gasteiger partial charge in [0.1, 0.15) is 5.56 Å². The lowest BCUT2D eigenvalue weighted by Crippen LogP contribution is -2.39. The van der Waals surface area contributed by atoms with Crippen molar-refractivity contribution in [2.45, 2.75) is 44.8 Å². The molecule has 0 bridgehead atoms. The van der Waals surface area contributed by atoms with Gasteiger partial charge in [-0.2, -0.15) is 0 Å². The zero-order chi connectivity index (χ0) is 18.1. The Morgan fingerprint density at radius 2 is 2.16 bits per heavy atom. The van der Waals surface area contributed by atoms with E-state index in [1.54, 1.807) is 0 Å². The Morgan fingerprint density at radius 3 is 2.84 bits per heavy atom. The van der Waals surface area contributed by atoms with Crippen molar-refractivity contribution in [1.29, 1.82) is 0 Å². The summed E-state index contributed by atoms with van der Waals surface area (Å²) in [4.78, 5) is 38.8. The van der Waals surface area contributed by atoms with Crippen molar-refractivity contribution in [3.8, 4) is 0 Å². The van der Waals surface area contributed by atoms with E-state index < -0.39 is 11.5 Å². The van der Waals surface area contributed by atoms with Crippen molar-refractivity contribution in [2.24, 2.45) is 11.7 Å². The maximum absolute atomic E-state index is 12.7. The van der Waals surface area contributed by atoms with E-state index in [1.807, 2.05) is 6.92 Å². The van der Waals surface area contributed by atoms with Crippen LogP contribution in [-0.2, 0) is 16.0 Å². The van der Waals surface area contributed by atoms with Crippen LogP contribution < -0.4 is 16.6 Å². The number of carbonyl (C=O) groups excluding carboxylic acids is 2. The molecule has 1 aromatic heterocycles. The first-order chi connectivity index (χ1) is 11.9. The second-order valence-electron chi connectivity index (χ2n) is 6.80. The zero-order valence-electron chi connectivity index (χ0n) is 14.3. The lowest BCUT2D eigenvalue weighted by Gasteiger charge is -2.28. The van der Waals surface area contributed by atoms with Crippen LogP contribution in [0.1, 0.15) is 53.8 Å². The van der Waals surface area contributed by atoms with E-state index in [-0.39, 0.29) is 29.5 Å². The van der Waals surface area contributed by atoms with Gasteiger partial charge in [0, 0.05) is 12.3 Å². The molecule has 1 saturated heterocycles. The first kappa shape index (κ1) is 17.4. The second kappa shape index (κ2) is 6.84. The van der Waals surface area contributed by atoms with Crippen molar-refractivity contribution in [3.63, 3.8) is 0 Å². The molecule has 134 valence electrons. The van der Waals surface area contributed by atoms with Crippen LogP contribution in [0.4, 0.5) is 0 Å². The number of primary amides is 1. The van der Waals surface area contributed by atoms with Crippen LogP contribution in [0.5, 0.6) is 0 Å². The summed E-state index contributed by atoms with van der Waals surface area (Å²) in [6, 6.07) is 1.26. The molecule has 1 aliphatic heterocycles. The minimum atomic E-state index is -0.772. The highest BCUT2D eigenvalue weighted by atomic mass is 16.5. The van der Waals surface area contributed by atoms with E-state index in [9.17, 15) is 14.4 Å². The Bertz CT molecular complexity index is 783. The molecule has 7 nitrogen and oxygen atoms in total. The molecule has 1 aliphatic carbocycles. The molecule has 1 unspecified atom stereocenters. The number of hydrogen-bond donors (Lipinski definition) is 3. The topological polar surface area (TPSA) is 114 Å². The van der Waals surface area contributed by atoms with E-state index in [2.05, 4.69) is 16.9 Å². The number of ether oxygens (including phenoxy) is 1. The second-order valence-corrected chi connectivity index (χ2v) is 6.80. The molecule has 3 atom stereocenters. The van der Waals surface area contributed by atoms with Gasteiger partial charge in [0.25, 0.3) is 11.5 Å². The minimum Gasteiger partial charge on any atom is -0.373 e. The fourth-order valence-electron chi connectivity index (χ4n) is 3.70. The maximum atomic E-state index is 12.7. The third-order valence-corrected chi connectivity index (χ3v) is 4.95. The molecule has 0 aromatic carbocycles. The molecule has 0 saturated carbocycles. The van der Waals surface area contributed by atoms with Gasteiger partial charge in [0.15, 0.2) is 0 Å². The fraction of sp³-hybridized carbons (Fsp3) is 0.500.